The van der Waals surface area contributed by atoms with E-state index < -0.39 is 0 Å². The zero-order valence-electron chi connectivity index (χ0n) is 11.4. The summed E-state index contributed by atoms with van der Waals surface area (Å²) in [6.45, 7) is 6.24. The first kappa shape index (κ1) is 12.9. The third-order valence-electron chi connectivity index (χ3n) is 3.68. The Labute approximate surface area is 108 Å². The topological polar surface area (TPSA) is 67.5 Å². The van der Waals surface area contributed by atoms with E-state index in [0.29, 0.717) is 23.7 Å². The molecule has 2 rings (SSSR count). The van der Waals surface area contributed by atoms with Gasteiger partial charge in [0, 0.05) is 25.2 Å². The van der Waals surface area contributed by atoms with Gasteiger partial charge in [0.05, 0.1) is 7.11 Å². The summed E-state index contributed by atoms with van der Waals surface area (Å²) in [5.41, 5.74) is 5.82. The molecule has 2 unspecified atom stereocenters. The van der Waals surface area contributed by atoms with Crippen LogP contribution in [0, 0.1) is 0 Å². The number of nitrogens with two attached hydrogens (primary N) is 1. The maximum Gasteiger partial charge on any atom is 0.204 e. The number of ether oxygens (including phenoxy) is 1. The van der Waals surface area contributed by atoms with Crippen molar-refractivity contribution >= 4 is 11.6 Å². The van der Waals surface area contributed by atoms with E-state index in [-0.39, 0.29) is 0 Å². The maximum absolute atomic E-state index is 5.82. The zero-order valence-corrected chi connectivity index (χ0v) is 11.4. The first-order chi connectivity index (χ1) is 8.54. The van der Waals surface area contributed by atoms with E-state index in [1.807, 2.05) is 0 Å². The predicted molar refractivity (Wildman–Crippen MR) is 71.9 cm³/mol. The number of aromatic nitrogens is 2. The molecule has 2 heterocycles. The van der Waals surface area contributed by atoms with Gasteiger partial charge in [0.25, 0.3) is 0 Å². The fourth-order valence-corrected chi connectivity index (χ4v) is 2.38. The summed E-state index contributed by atoms with van der Waals surface area (Å²) in [5, 5.41) is 0. The monoisotopic (exact) mass is 251 g/mol. The summed E-state index contributed by atoms with van der Waals surface area (Å²) in [4.78, 5) is 12.9. The van der Waals surface area contributed by atoms with Crippen LogP contribution in [-0.4, -0.2) is 54.2 Å². The average Bonchev–Trinajstić information content (AvgIpc) is 2.35. The Hall–Kier alpha value is -1.56. The van der Waals surface area contributed by atoms with Gasteiger partial charge < -0.3 is 15.4 Å². The van der Waals surface area contributed by atoms with Crippen LogP contribution in [0.1, 0.15) is 13.8 Å². The lowest BCUT2D eigenvalue weighted by Gasteiger charge is -2.43. The average molecular weight is 251 g/mol. The van der Waals surface area contributed by atoms with Crippen molar-refractivity contribution < 1.29 is 4.74 Å². The van der Waals surface area contributed by atoms with E-state index >= 15 is 0 Å². The fourth-order valence-electron chi connectivity index (χ4n) is 2.38. The number of likely N-dealkylation sites (N-methyl/N-ethyl adjacent to an activating group) is 1. The van der Waals surface area contributed by atoms with Crippen molar-refractivity contribution in [1.29, 1.82) is 0 Å². The zero-order chi connectivity index (χ0) is 13.3. The van der Waals surface area contributed by atoms with Crippen LogP contribution in [0.4, 0.5) is 11.6 Å². The molecule has 0 radical (unpaired) electrons. The van der Waals surface area contributed by atoms with Gasteiger partial charge in [-0.25, -0.2) is 9.97 Å². The van der Waals surface area contributed by atoms with Crippen molar-refractivity contribution in [2.75, 3.05) is 37.9 Å². The molecular formula is C12H21N5O. The van der Waals surface area contributed by atoms with Crippen molar-refractivity contribution in [3.8, 4) is 5.75 Å². The third kappa shape index (κ3) is 2.20. The number of nitrogens with zero attached hydrogens (tertiary/aromatic N) is 4. The van der Waals surface area contributed by atoms with Gasteiger partial charge in [-0.15, -0.1) is 0 Å². The van der Waals surface area contributed by atoms with Gasteiger partial charge in [0.1, 0.15) is 6.33 Å². The molecule has 0 spiro atoms. The minimum Gasteiger partial charge on any atom is -0.490 e. The second kappa shape index (κ2) is 4.97. The van der Waals surface area contributed by atoms with Crippen LogP contribution in [0.2, 0.25) is 0 Å². The first-order valence-corrected chi connectivity index (χ1v) is 6.16. The van der Waals surface area contributed by atoms with Crippen molar-refractivity contribution in [3.63, 3.8) is 0 Å². The number of hydrogen-bond donors (Lipinski definition) is 1. The van der Waals surface area contributed by atoms with Gasteiger partial charge >= 0.3 is 0 Å². The number of methoxy groups -OCH3 is 1. The van der Waals surface area contributed by atoms with Gasteiger partial charge in [-0.3, -0.25) is 4.90 Å². The molecule has 1 aromatic rings. The van der Waals surface area contributed by atoms with Gasteiger partial charge in [-0.2, -0.15) is 0 Å². The molecule has 0 aliphatic carbocycles. The number of nitrogen functional groups attached to an aromatic ring is 1. The highest BCUT2D eigenvalue weighted by Gasteiger charge is 2.29. The highest BCUT2D eigenvalue weighted by atomic mass is 16.5. The normalized spacial score (nSPS) is 25.2. The van der Waals surface area contributed by atoms with E-state index in [0.717, 1.165) is 18.9 Å². The predicted octanol–water partition coefficient (Wildman–Crippen LogP) is 0.596. The van der Waals surface area contributed by atoms with E-state index in [1.165, 1.54) is 6.33 Å². The summed E-state index contributed by atoms with van der Waals surface area (Å²) < 4.78 is 5.32. The Balaban J connectivity index is 2.29. The highest BCUT2D eigenvalue weighted by Crippen LogP contribution is 2.31. The van der Waals surface area contributed by atoms with Crippen LogP contribution in [-0.2, 0) is 0 Å². The molecule has 1 aliphatic rings. The van der Waals surface area contributed by atoms with E-state index in [2.05, 4.69) is 40.7 Å². The minimum atomic E-state index is 0.390. The molecule has 1 saturated heterocycles. The molecule has 1 aromatic heterocycles. The van der Waals surface area contributed by atoms with Gasteiger partial charge in [0.2, 0.25) is 5.75 Å². The lowest BCUT2D eigenvalue weighted by atomic mass is 10.1. The minimum absolute atomic E-state index is 0.390. The lowest BCUT2D eigenvalue weighted by Crippen LogP contribution is -2.55. The Kier molecular flexibility index (Phi) is 3.56. The number of piperazine rings is 1. The van der Waals surface area contributed by atoms with Crippen molar-refractivity contribution in [2.45, 2.75) is 25.9 Å². The molecule has 1 fully saturated rings. The van der Waals surface area contributed by atoms with E-state index in [9.17, 15) is 0 Å². The summed E-state index contributed by atoms with van der Waals surface area (Å²) >= 11 is 0. The van der Waals surface area contributed by atoms with Gasteiger partial charge in [-0.1, -0.05) is 0 Å². The van der Waals surface area contributed by atoms with Crippen molar-refractivity contribution in [2.24, 2.45) is 0 Å². The molecule has 2 N–H and O–H groups in total. The second-order valence-electron chi connectivity index (χ2n) is 4.88. The van der Waals surface area contributed by atoms with E-state index in [1.54, 1.807) is 7.11 Å². The summed E-state index contributed by atoms with van der Waals surface area (Å²) in [5.74, 6) is 1.75. The number of hydrogen-bond acceptors (Lipinski definition) is 6. The SMILES string of the molecule is COc1c(N)ncnc1N1CC(C)N(C)C(C)C1. The van der Waals surface area contributed by atoms with Crippen LogP contribution >= 0.6 is 0 Å². The van der Waals surface area contributed by atoms with Crippen LogP contribution in [0.5, 0.6) is 5.75 Å². The molecule has 1 aliphatic heterocycles. The van der Waals surface area contributed by atoms with Crippen LogP contribution < -0.4 is 15.4 Å². The molecule has 0 amide bonds. The maximum atomic E-state index is 5.82. The molecule has 100 valence electrons. The molecular weight excluding hydrogens is 230 g/mol. The van der Waals surface area contributed by atoms with Gasteiger partial charge in [0.15, 0.2) is 11.6 Å². The standard InChI is InChI=1S/C12H21N5O/c1-8-5-17(6-9(2)16(8)3)12-10(18-4)11(13)14-7-15-12/h7-9H,5-6H2,1-4H3,(H2,13,14,15). The molecule has 2 atom stereocenters. The Morgan fingerprint density at radius 1 is 1.28 bits per heavy atom. The molecule has 0 aromatic carbocycles. The first-order valence-electron chi connectivity index (χ1n) is 6.16. The van der Waals surface area contributed by atoms with Crippen LogP contribution in [0.3, 0.4) is 0 Å². The molecule has 0 bridgehead atoms. The summed E-state index contributed by atoms with van der Waals surface area (Å²) in [6.07, 6.45) is 1.49. The second-order valence-corrected chi connectivity index (χ2v) is 4.88. The van der Waals surface area contributed by atoms with Crippen LogP contribution in [0.15, 0.2) is 6.33 Å². The highest BCUT2D eigenvalue weighted by molar-refractivity contribution is 5.63. The molecule has 0 saturated carbocycles. The smallest absolute Gasteiger partial charge is 0.204 e. The van der Waals surface area contributed by atoms with Crippen molar-refractivity contribution in [1.82, 2.24) is 14.9 Å². The quantitative estimate of drug-likeness (QED) is 0.830. The largest absolute Gasteiger partial charge is 0.490 e. The fraction of sp³-hybridized carbons (Fsp3) is 0.667. The lowest BCUT2D eigenvalue weighted by molar-refractivity contribution is 0.169. The molecule has 6 heteroatoms. The molecule has 18 heavy (non-hydrogen) atoms. The van der Waals surface area contributed by atoms with Crippen molar-refractivity contribution in [3.05, 3.63) is 6.33 Å². The summed E-state index contributed by atoms with van der Waals surface area (Å²) in [7, 11) is 3.75. The number of rotatable bonds is 2. The van der Waals surface area contributed by atoms with Crippen LogP contribution in [0.25, 0.3) is 0 Å². The summed E-state index contributed by atoms with van der Waals surface area (Å²) in [6, 6.07) is 0.935. The van der Waals surface area contributed by atoms with Gasteiger partial charge in [-0.05, 0) is 20.9 Å². The Morgan fingerprint density at radius 2 is 1.89 bits per heavy atom. The number of anilines is 2. The van der Waals surface area contributed by atoms with E-state index in [4.69, 9.17) is 10.5 Å². The molecule has 6 nitrogen and oxygen atoms in total. The third-order valence-corrected chi connectivity index (χ3v) is 3.68. The Morgan fingerprint density at radius 3 is 2.44 bits per heavy atom. The Bertz CT molecular complexity index is 413.